The van der Waals surface area contributed by atoms with Crippen LogP contribution in [0.3, 0.4) is 0 Å². The third-order valence-corrected chi connectivity index (χ3v) is 2.00. The fourth-order valence-electron chi connectivity index (χ4n) is 1.41. The highest BCUT2D eigenvalue weighted by molar-refractivity contribution is 5.70. The highest BCUT2D eigenvalue weighted by Crippen LogP contribution is 2.10. The van der Waals surface area contributed by atoms with Gasteiger partial charge < -0.3 is 10.2 Å². The molecule has 0 spiro atoms. The van der Waals surface area contributed by atoms with E-state index < -0.39 is 12.2 Å². The molecule has 0 unspecified atom stereocenters. The Kier molecular flexibility index (Phi) is 3.52. The van der Waals surface area contributed by atoms with E-state index in [1.165, 1.54) is 5.01 Å². The average Bonchev–Trinajstić information content (AvgIpc) is 2.15. The normalized spacial score (nSPS) is 17.4. The molecule has 0 atom stereocenters. The van der Waals surface area contributed by atoms with Gasteiger partial charge in [-0.05, 0) is 12.8 Å². The van der Waals surface area contributed by atoms with E-state index >= 15 is 0 Å². The quantitative estimate of drug-likeness (QED) is 0.541. The van der Waals surface area contributed by atoms with Crippen molar-refractivity contribution in [3.05, 3.63) is 0 Å². The number of amides is 2. The third-order valence-electron chi connectivity index (χ3n) is 2.00. The van der Waals surface area contributed by atoms with Crippen molar-refractivity contribution in [2.45, 2.75) is 19.3 Å². The predicted octanol–water partition coefficient (Wildman–Crippen LogP) is 0.550. The van der Waals surface area contributed by atoms with Crippen molar-refractivity contribution in [3.8, 4) is 0 Å². The van der Waals surface area contributed by atoms with E-state index in [4.69, 9.17) is 10.2 Å². The molecule has 1 saturated heterocycles. The maximum atomic E-state index is 10.7. The van der Waals surface area contributed by atoms with Crippen LogP contribution in [0.2, 0.25) is 0 Å². The van der Waals surface area contributed by atoms with Crippen molar-refractivity contribution < 1.29 is 19.8 Å². The SMILES string of the molecule is O=C(O)NN(C(=O)O)N1CCCCC1. The first-order valence-corrected chi connectivity index (χ1v) is 4.39. The minimum atomic E-state index is -1.38. The highest BCUT2D eigenvalue weighted by Gasteiger charge is 2.24. The lowest BCUT2D eigenvalue weighted by Crippen LogP contribution is -2.56. The van der Waals surface area contributed by atoms with Crippen LogP contribution in [0.4, 0.5) is 9.59 Å². The predicted molar refractivity (Wildman–Crippen MR) is 46.4 cm³/mol. The van der Waals surface area contributed by atoms with Crippen molar-refractivity contribution in [1.82, 2.24) is 15.6 Å². The second-order valence-electron chi connectivity index (χ2n) is 3.03. The maximum absolute atomic E-state index is 10.7. The van der Waals surface area contributed by atoms with Crippen LogP contribution in [0.5, 0.6) is 0 Å². The maximum Gasteiger partial charge on any atom is 0.441 e. The molecule has 1 aliphatic rings. The van der Waals surface area contributed by atoms with Gasteiger partial charge in [-0.15, -0.1) is 5.12 Å². The first-order chi connectivity index (χ1) is 6.61. The Bertz CT molecular complexity index is 227. The molecule has 3 N–H and O–H groups in total. The molecule has 1 rings (SSSR count). The van der Waals surface area contributed by atoms with Gasteiger partial charge in [-0.2, -0.15) is 5.01 Å². The monoisotopic (exact) mass is 203 g/mol. The van der Waals surface area contributed by atoms with Crippen LogP contribution in [0.1, 0.15) is 19.3 Å². The van der Waals surface area contributed by atoms with E-state index in [2.05, 4.69) is 0 Å². The Labute approximate surface area is 80.8 Å². The highest BCUT2D eigenvalue weighted by atomic mass is 16.4. The zero-order valence-corrected chi connectivity index (χ0v) is 7.64. The van der Waals surface area contributed by atoms with E-state index in [9.17, 15) is 9.59 Å². The molecule has 0 aromatic carbocycles. The number of nitrogens with one attached hydrogen (secondary N) is 1. The molecule has 1 fully saturated rings. The summed E-state index contributed by atoms with van der Waals surface area (Å²) in [7, 11) is 0. The number of rotatable bonds is 1. The zero-order chi connectivity index (χ0) is 10.6. The third kappa shape index (κ3) is 2.77. The van der Waals surface area contributed by atoms with Gasteiger partial charge in [0.2, 0.25) is 0 Å². The van der Waals surface area contributed by atoms with Crippen molar-refractivity contribution in [1.29, 1.82) is 0 Å². The number of piperidine rings is 1. The van der Waals surface area contributed by atoms with Gasteiger partial charge in [0.25, 0.3) is 0 Å². The molecule has 7 nitrogen and oxygen atoms in total. The number of hydrogen-bond donors (Lipinski definition) is 3. The average molecular weight is 203 g/mol. The van der Waals surface area contributed by atoms with E-state index in [-0.39, 0.29) is 0 Å². The topological polar surface area (TPSA) is 93.1 Å². The Morgan fingerprint density at radius 2 is 1.71 bits per heavy atom. The summed E-state index contributed by atoms with van der Waals surface area (Å²) in [5.41, 5.74) is 1.83. The van der Waals surface area contributed by atoms with Crippen molar-refractivity contribution >= 4 is 12.2 Å². The van der Waals surface area contributed by atoms with Crippen LogP contribution < -0.4 is 5.43 Å². The number of carboxylic acid groups (broad SMARTS) is 2. The van der Waals surface area contributed by atoms with Gasteiger partial charge in [0.1, 0.15) is 0 Å². The molecule has 14 heavy (non-hydrogen) atoms. The molecule has 0 aromatic rings. The largest absolute Gasteiger partial charge is 0.464 e. The number of hydrazine groups is 2. The minimum Gasteiger partial charge on any atom is -0.464 e. The summed E-state index contributed by atoms with van der Waals surface area (Å²) < 4.78 is 0. The Hall–Kier alpha value is -1.50. The summed E-state index contributed by atoms with van der Waals surface area (Å²) in [6.07, 6.45) is 0.125. The van der Waals surface area contributed by atoms with Crippen LogP contribution >= 0.6 is 0 Å². The Morgan fingerprint density at radius 3 is 2.14 bits per heavy atom. The molecule has 0 radical (unpaired) electrons. The van der Waals surface area contributed by atoms with Crippen molar-refractivity contribution in [2.75, 3.05) is 13.1 Å². The lowest BCUT2D eigenvalue weighted by Gasteiger charge is -2.33. The van der Waals surface area contributed by atoms with Gasteiger partial charge in [-0.25, -0.2) is 15.0 Å². The molecular weight excluding hydrogens is 190 g/mol. The van der Waals surface area contributed by atoms with Gasteiger partial charge in [0, 0.05) is 13.1 Å². The molecule has 7 heteroatoms. The first-order valence-electron chi connectivity index (χ1n) is 4.39. The van der Waals surface area contributed by atoms with Crippen LogP contribution in [0.25, 0.3) is 0 Å². The number of carbonyl (C=O) groups is 2. The minimum absolute atomic E-state index is 0.562. The summed E-state index contributed by atoms with van der Waals surface area (Å²) >= 11 is 0. The number of hydrogen-bond acceptors (Lipinski definition) is 3. The molecule has 1 heterocycles. The fraction of sp³-hybridized carbons (Fsp3) is 0.714. The first kappa shape index (κ1) is 10.6. The van der Waals surface area contributed by atoms with E-state index in [1.54, 1.807) is 0 Å². The van der Waals surface area contributed by atoms with Crippen molar-refractivity contribution in [2.24, 2.45) is 0 Å². The lowest BCUT2D eigenvalue weighted by molar-refractivity contribution is -0.0526. The van der Waals surface area contributed by atoms with E-state index in [0.717, 1.165) is 19.3 Å². The van der Waals surface area contributed by atoms with E-state index in [1.807, 2.05) is 5.43 Å². The summed E-state index contributed by atoms with van der Waals surface area (Å²) in [4.78, 5) is 21.0. The van der Waals surface area contributed by atoms with Gasteiger partial charge in [-0.3, -0.25) is 0 Å². The summed E-state index contributed by atoms with van der Waals surface area (Å²) in [6, 6.07) is 0. The molecular formula is C7H13N3O4. The lowest BCUT2D eigenvalue weighted by atomic mass is 10.2. The second kappa shape index (κ2) is 4.66. The molecule has 80 valence electrons. The van der Waals surface area contributed by atoms with Gasteiger partial charge in [0.15, 0.2) is 0 Å². The van der Waals surface area contributed by atoms with E-state index in [0.29, 0.717) is 18.2 Å². The fourth-order valence-corrected chi connectivity index (χ4v) is 1.41. The molecule has 0 bridgehead atoms. The molecule has 1 aliphatic heterocycles. The second-order valence-corrected chi connectivity index (χ2v) is 3.03. The van der Waals surface area contributed by atoms with Gasteiger partial charge in [0.05, 0.1) is 0 Å². The summed E-state index contributed by atoms with van der Waals surface area (Å²) in [6.45, 7) is 1.12. The number of nitrogens with zero attached hydrogens (tertiary/aromatic N) is 2. The Balaban J connectivity index is 2.56. The van der Waals surface area contributed by atoms with Crippen LogP contribution in [-0.4, -0.2) is 45.6 Å². The molecule has 2 amide bonds. The molecule has 0 saturated carbocycles. The van der Waals surface area contributed by atoms with Gasteiger partial charge >= 0.3 is 12.2 Å². The summed E-state index contributed by atoms with van der Waals surface area (Å²) in [5.74, 6) is 0. The standard InChI is InChI=1S/C7H13N3O4/c11-6(12)8-10(7(13)14)9-4-2-1-3-5-9/h8H,1-5H2,(H,11,12)(H,13,14). The smallest absolute Gasteiger partial charge is 0.441 e. The van der Waals surface area contributed by atoms with Crippen LogP contribution in [0.15, 0.2) is 0 Å². The molecule has 0 aromatic heterocycles. The Morgan fingerprint density at radius 1 is 1.14 bits per heavy atom. The molecule has 0 aliphatic carbocycles. The van der Waals surface area contributed by atoms with Crippen LogP contribution in [-0.2, 0) is 0 Å². The van der Waals surface area contributed by atoms with Gasteiger partial charge in [-0.1, -0.05) is 6.42 Å². The summed E-state index contributed by atoms with van der Waals surface area (Å²) in [5, 5.41) is 19.3. The zero-order valence-electron chi connectivity index (χ0n) is 7.64. The van der Waals surface area contributed by atoms with Crippen molar-refractivity contribution in [3.63, 3.8) is 0 Å². The van der Waals surface area contributed by atoms with Crippen LogP contribution in [0, 0.1) is 0 Å².